The fourth-order valence-electron chi connectivity index (χ4n) is 1.42. The molecule has 6 nitrogen and oxygen atoms in total. The van der Waals surface area contributed by atoms with Crippen molar-refractivity contribution >= 4 is 27.6 Å². The van der Waals surface area contributed by atoms with Gasteiger partial charge in [0, 0.05) is 6.07 Å². The van der Waals surface area contributed by atoms with Crippen molar-refractivity contribution in [3.05, 3.63) is 32.8 Å². The number of ether oxygens (including phenoxy) is 2. The van der Waals surface area contributed by atoms with Crippen LogP contribution in [-0.2, 0) is 9.53 Å². The molecule has 0 saturated carbocycles. The highest BCUT2D eigenvalue weighted by Gasteiger charge is 2.23. The van der Waals surface area contributed by atoms with Gasteiger partial charge in [0.15, 0.2) is 6.10 Å². The maximum absolute atomic E-state index is 11.6. The molecule has 7 heteroatoms. The van der Waals surface area contributed by atoms with Crippen LogP contribution in [0.4, 0.5) is 5.69 Å². The molecule has 0 bridgehead atoms. The average Bonchev–Trinajstić information content (AvgIpc) is 2.37. The first-order valence-corrected chi connectivity index (χ1v) is 6.56. The Hall–Kier alpha value is -1.63. The fraction of sp³-hybridized carbons (Fsp3) is 0.417. The molecule has 1 rings (SSSR count). The lowest BCUT2D eigenvalue weighted by atomic mass is 10.2. The molecule has 0 spiro atoms. The highest BCUT2D eigenvalue weighted by atomic mass is 79.9. The van der Waals surface area contributed by atoms with Crippen molar-refractivity contribution in [3.63, 3.8) is 0 Å². The minimum Gasteiger partial charge on any atom is -0.477 e. The van der Waals surface area contributed by atoms with Crippen molar-refractivity contribution in [2.45, 2.75) is 26.4 Å². The second-order valence-corrected chi connectivity index (χ2v) is 4.41. The van der Waals surface area contributed by atoms with E-state index >= 15 is 0 Å². The summed E-state index contributed by atoms with van der Waals surface area (Å²) in [4.78, 5) is 21.9. The Morgan fingerprint density at radius 3 is 2.68 bits per heavy atom. The van der Waals surface area contributed by atoms with Crippen LogP contribution in [0.25, 0.3) is 0 Å². The van der Waals surface area contributed by atoms with Crippen LogP contribution in [0.1, 0.15) is 20.3 Å². The van der Waals surface area contributed by atoms with Gasteiger partial charge in [-0.05, 0) is 35.3 Å². The lowest BCUT2D eigenvalue weighted by Gasteiger charge is -2.16. The van der Waals surface area contributed by atoms with Crippen LogP contribution in [0, 0.1) is 10.1 Å². The van der Waals surface area contributed by atoms with Gasteiger partial charge in [-0.3, -0.25) is 10.1 Å². The highest BCUT2D eigenvalue weighted by molar-refractivity contribution is 9.10. The molecule has 1 atom stereocenters. The molecule has 1 unspecified atom stereocenters. The lowest BCUT2D eigenvalue weighted by Crippen LogP contribution is -2.28. The Morgan fingerprint density at radius 1 is 1.47 bits per heavy atom. The number of nitro benzene ring substituents is 1. The third-order valence-corrected chi connectivity index (χ3v) is 3.13. The predicted molar refractivity (Wildman–Crippen MR) is 72.1 cm³/mol. The molecule has 19 heavy (non-hydrogen) atoms. The van der Waals surface area contributed by atoms with Crippen LogP contribution in [0.5, 0.6) is 5.75 Å². The summed E-state index contributed by atoms with van der Waals surface area (Å²) in [5, 5.41) is 10.8. The Morgan fingerprint density at radius 2 is 2.16 bits per heavy atom. The summed E-state index contributed by atoms with van der Waals surface area (Å²) in [6.45, 7) is 3.73. The molecule has 0 aliphatic rings. The number of rotatable bonds is 6. The summed E-state index contributed by atoms with van der Waals surface area (Å²) in [7, 11) is 0. The van der Waals surface area contributed by atoms with E-state index in [0.717, 1.165) is 0 Å². The molecule has 0 saturated heterocycles. The smallest absolute Gasteiger partial charge is 0.347 e. The Balaban J connectivity index is 2.95. The van der Waals surface area contributed by atoms with E-state index in [2.05, 4.69) is 15.9 Å². The van der Waals surface area contributed by atoms with E-state index in [4.69, 9.17) is 9.47 Å². The largest absolute Gasteiger partial charge is 0.477 e. The van der Waals surface area contributed by atoms with E-state index in [0.29, 0.717) is 6.42 Å². The number of carbonyl (C=O) groups is 1. The number of carbonyl (C=O) groups excluding carboxylic acids is 1. The standard InChI is InChI=1S/C12H14BrNO5/c1-3-9(12(15)18-4-2)19-10-7-5-6-8(11(10)13)14(16)17/h5-7,9H,3-4H2,1-2H3. The average molecular weight is 332 g/mol. The number of esters is 1. The Kier molecular flexibility index (Phi) is 5.75. The highest BCUT2D eigenvalue weighted by Crippen LogP contribution is 2.34. The second kappa shape index (κ2) is 7.08. The molecule has 0 fully saturated rings. The quantitative estimate of drug-likeness (QED) is 0.454. The van der Waals surface area contributed by atoms with Crippen molar-refractivity contribution in [2.75, 3.05) is 6.61 Å². The minimum absolute atomic E-state index is 0.115. The lowest BCUT2D eigenvalue weighted by molar-refractivity contribution is -0.385. The number of hydrogen-bond donors (Lipinski definition) is 0. The molecule has 1 aromatic carbocycles. The van der Waals surface area contributed by atoms with Gasteiger partial charge in [-0.15, -0.1) is 0 Å². The van der Waals surface area contributed by atoms with Gasteiger partial charge in [0.25, 0.3) is 5.69 Å². The third-order valence-electron chi connectivity index (χ3n) is 2.33. The van der Waals surface area contributed by atoms with Crippen molar-refractivity contribution in [1.82, 2.24) is 0 Å². The number of nitro groups is 1. The number of benzene rings is 1. The van der Waals surface area contributed by atoms with Gasteiger partial charge >= 0.3 is 5.97 Å². The molecular weight excluding hydrogens is 318 g/mol. The molecule has 0 amide bonds. The molecule has 0 aliphatic carbocycles. The van der Waals surface area contributed by atoms with Gasteiger partial charge in [0.2, 0.25) is 0 Å². The maximum atomic E-state index is 11.6. The summed E-state index contributed by atoms with van der Waals surface area (Å²) in [5.41, 5.74) is -0.115. The van der Waals surface area contributed by atoms with Gasteiger partial charge in [-0.1, -0.05) is 13.0 Å². The van der Waals surface area contributed by atoms with Crippen LogP contribution in [0.15, 0.2) is 22.7 Å². The zero-order valence-electron chi connectivity index (χ0n) is 10.6. The van der Waals surface area contributed by atoms with E-state index in [1.807, 2.05) is 0 Å². The van der Waals surface area contributed by atoms with E-state index in [1.165, 1.54) is 12.1 Å². The first-order valence-electron chi connectivity index (χ1n) is 5.77. The van der Waals surface area contributed by atoms with Crippen LogP contribution >= 0.6 is 15.9 Å². The fourth-order valence-corrected chi connectivity index (χ4v) is 1.92. The van der Waals surface area contributed by atoms with E-state index in [9.17, 15) is 14.9 Å². The SMILES string of the molecule is CCOC(=O)C(CC)Oc1cccc([N+](=O)[O-])c1Br. The Bertz CT molecular complexity index is 477. The zero-order chi connectivity index (χ0) is 14.4. The molecule has 0 aromatic heterocycles. The third kappa shape index (κ3) is 3.92. The maximum Gasteiger partial charge on any atom is 0.347 e. The molecular formula is C12H14BrNO5. The molecule has 0 aliphatic heterocycles. The number of halogens is 1. The van der Waals surface area contributed by atoms with E-state index in [1.54, 1.807) is 19.9 Å². The van der Waals surface area contributed by atoms with Gasteiger partial charge in [-0.25, -0.2) is 4.79 Å². The van der Waals surface area contributed by atoms with Crippen LogP contribution in [0.3, 0.4) is 0 Å². The number of hydrogen-bond acceptors (Lipinski definition) is 5. The topological polar surface area (TPSA) is 78.7 Å². The number of nitrogens with zero attached hydrogens (tertiary/aromatic N) is 1. The first-order chi connectivity index (χ1) is 9.01. The van der Waals surface area contributed by atoms with Crippen LogP contribution in [-0.4, -0.2) is 23.6 Å². The van der Waals surface area contributed by atoms with E-state index in [-0.39, 0.29) is 22.5 Å². The minimum atomic E-state index is -0.779. The molecule has 0 radical (unpaired) electrons. The van der Waals surface area contributed by atoms with Crippen molar-refractivity contribution in [1.29, 1.82) is 0 Å². The summed E-state index contributed by atoms with van der Waals surface area (Å²) in [6, 6.07) is 4.40. The van der Waals surface area contributed by atoms with Crippen molar-refractivity contribution in [2.24, 2.45) is 0 Å². The van der Waals surface area contributed by atoms with Crippen LogP contribution in [0.2, 0.25) is 0 Å². The van der Waals surface area contributed by atoms with Crippen molar-refractivity contribution in [3.8, 4) is 5.75 Å². The van der Waals surface area contributed by atoms with Crippen LogP contribution < -0.4 is 4.74 Å². The van der Waals surface area contributed by atoms with Gasteiger partial charge < -0.3 is 9.47 Å². The van der Waals surface area contributed by atoms with E-state index < -0.39 is 17.0 Å². The normalized spacial score (nSPS) is 11.7. The molecule has 104 valence electrons. The first kappa shape index (κ1) is 15.4. The van der Waals surface area contributed by atoms with Crippen molar-refractivity contribution < 1.29 is 19.2 Å². The van der Waals surface area contributed by atoms with Gasteiger partial charge in [-0.2, -0.15) is 0 Å². The predicted octanol–water partition coefficient (Wildman–Crippen LogP) is 3.08. The molecule has 0 heterocycles. The van der Waals surface area contributed by atoms with Gasteiger partial charge in [0.1, 0.15) is 10.2 Å². The summed E-state index contributed by atoms with van der Waals surface area (Å²) < 4.78 is 10.6. The second-order valence-electron chi connectivity index (χ2n) is 3.61. The molecule has 0 N–H and O–H groups in total. The monoisotopic (exact) mass is 331 g/mol. The van der Waals surface area contributed by atoms with Gasteiger partial charge in [0.05, 0.1) is 11.5 Å². The summed E-state index contributed by atoms with van der Waals surface area (Å²) in [5.74, 6) is -0.238. The summed E-state index contributed by atoms with van der Waals surface area (Å²) >= 11 is 3.11. The molecule has 1 aromatic rings. The summed E-state index contributed by atoms with van der Waals surface area (Å²) in [6.07, 6.45) is -0.369. The Labute approximate surface area is 119 Å². The zero-order valence-corrected chi connectivity index (χ0v) is 12.2.